The number of aromatic nitrogens is 2. The Bertz CT molecular complexity index is 2010. The lowest BCUT2D eigenvalue weighted by Crippen LogP contribution is -2.29. The summed E-state index contributed by atoms with van der Waals surface area (Å²) < 4.78 is 13.6. The average Bonchev–Trinajstić information content (AvgIpc) is 3.83. The van der Waals surface area contributed by atoms with Crippen molar-refractivity contribution in [1.82, 2.24) is 9.97 Å². The molecule has 7 nitrogen and oxygen atoms in total. The minimum Gasteiger partial charge on any atom is -0.490 e. The number of hydrogen-bond acceptors (Lipinski definition) is 6. The number of aromatic amines is 1. The van der Waals surface area contributed by atoms with Crippen molar-refractivity contribution in [2.45, 2.75) is 44.3 Å². The molecule has 10 heteroatoms. The molecule has 0 aliphatic heterocycles. The summed E-state index contributed by atoms with van der Waals surface area (Å²) in [5.74, 6) is 1.64. The summed E-state index contributed by atoms with van der Waals surface area (Å²) in [4.78, 5) is 18.1. The predicted molar refractivity (Wildman–Crippen MR) is 187 cm³/mol. The Kier molecular flexibility index (Phi) is 9.85. The van der Waals surface area contributed by atoms with Crippen LogP contribution in [0.3, 0.4) is 0 Å². The fraction of sp³-hybridized carbons (Fsp3) is 0.200. The van der Waals surface area contributed by atoms with Crippen LogP contribution in [0.25, 0.3) is 32.6 Å². The minimum atomic E-state index is -1.42. The fourth-order valence-corrected chi connectivity index (χ4v) is 5.54. The molecule has 0 spiro atoms. The second-order valence-electron chi connectivity index (χ2n) is 11.2. The number of halogens is 2. The van der Waals surface area contributed by atoms with Gasteiger partial charge in [-0.3, -0.25) is 4.79 Å². The van der Waals surface area contributed by atoms with E-state index in [2.05, 4.69) is 47.9 Å². The Morgan fingerprint density at radius 1 is 0.689 bits per heavy atom. The highest BCUT2D eigenvalue weighted by Crippen LogP contribution is 2.28. The summed E-state index contributed by atoms with van der Waals surface area (Å²) in [6.07, 6.45) is 6.67. The molecule has 6 aromatic rings. The average molecular weight is 730 g/mol. The minimum absolute atomic E-state index is 0.0650. The molecular formula is C35H31BBr2N2O5. The summed E-state index contributed by atoms with van der Waals surface area (Å²) in [5, 5.41) is 22.5. The third-order valence-electron chi connectivity index (χ3n) is 7.61. The Morgan fingerprint density at radius 3 is 2.09 bits per heavy atom. The molecule has 3 N–H and O–H groups in total. The molecule has 228 valence electrons. The van der Waals surface area contributed by atoms with Crippen molar-refractivity contribution in [3.63, 3.8) is 0 Å². The van der Waals surface area contributed by atoms with Crippen LogP contribution >= 0.6 is 31.9 Å². The first-order valence-electron chi connectivity index (χ1n) is 14.9. The Balaban J connectivity index is 0.000000122. The number of fused-ring (bicyclic) bond motifs is 3. The maximum absolute atomic E-state index is 10.9. The number of nitrogens with one attached hydrogen (secondary N) is 1. The van der Waals surface area contributed by atoms with Crippen LogP contribution in [-0.2, 0) is 0 Å². The van der Waals surface area contributed by atoms with Gasteiger partial charge in [-0.05, 0) is 114 Å². The molecule has 0 bridgehead atoms. The van der Waals surface area contributed by atoms with E-state index in [1.807, 2.05) is 66.7 Å². The molecule has 2 fully saturated rings. The quantitative estimate of drug-likeness (QED) is 0.161. The second kappa shape index (κ2) is 14.2. The molecule has 2 aliphatic rings. The lowest BCUT2D eigenvalue weighted by molar-refractivity contribution is 0.120. The third kappa shape index (κ3) is 8.52. The van der Waals surface area contributed by atoms with Crippen LogP contribution in [-0.4, -0.2) is 39.3 Å². The van der Waals surface area contributed by atoms with E-state index in [9.17, 15) is 4.79 Å². The van der Waals surface area contributed by atoms with Crippen molar-refractivity contribution in [1.29, 1.82) is 0 Å². The van der Waals surface area contributed by atoms with Gasteiger partial charge in [0.15, 0.2) is 0 Å². The molecule has 0 amide bonds. The third-order valence-corrected chi connectivity index (χ3v) is 8.60. The highest BCUT2D eigenvalue weighted by Gasteiger charge is 2.24. The van der Waals surface area contributed by atoms with Gasteiger partial charge in [-0.1, -0.05) is 56.1 Å². The van der Waals surface area contributed by atoms with Gasteiger partial charge in [-0.2, -0.15) is 0 Å². The smallest absolute Gasteiger partial charge is 0.488 e. The molecule has 2 saturated carbocycles. The van der Waals surface area contributed by atoms with E-state index in [1.165, 1.54) is 25.3 Å². The zero-order chi connectivity index (χ0) is 31.3. The number of nitrogens with zero attached hydrogens (tertiary/aromatic N) is 1. The number of pyridine rings is 2. The topological polar surface area (TPSA) is 105 Å². The Labute approximate surface area is 277 Å². The maximum Gasteiger partial charge on any atom is 0.488 e. The number of ether oxygens (including phenoxy) is 2. The van der Waals surface area contributed by atoms with Crippen molar-refractivity contribution in [2.75, 3.05) is 0 Å². The van der Waals surface area contributed by atoms with Gasteiger partial charge in [-0.25, -0.2) is 4.98 Å². The molecule has 4 aromatic carbocycles. The first-order chi connectivity index (χ1) is 21.8. The van der Waals surface area contributed by atoms with E-state index < -0.39 is 7.12 Å². The first-order valence-corrected chi connectivity index (χ1v) is 16.5. The zero-order valence-corrected chi connectivity index (χ0v) is 27.5. The SMILES string of the molecule is Brc1ccc2nc(OC3CC3)ccc2c1.O=c1ccc2cc(Br)ccc2[nH]1.OB(O)c1ccc2cc(OC3CCC3)ccc2c1. The van der Waals surface area contributed by atoms with Gasteiger partial charge < -0.3 is 24.5 Å². The summed E-state index contributed by atoms with van der Waals surface area (Å²) in [5.41, 5.74) is 2.29. The standard InChI is InChI=1S/C14H15BO3.C12H10BrNO.C9H6BrNO/c16-15(17)12-6-4-11-9-14(7-5-10(11)8-12)18-13-2-1-3-13;13-9-2-5-11-8(7-9)1-6-12(14-11)15-10-3-4-10;10-7-2-3-8-6(5-7)1-4-9(12)11-8/h4-9,13,16-17H,1-3H2;1-2,5-7,10H,3-4H2;1-5H,(H,11,12). The summed E-state index contributed by atoms with van der Waals surface area (Å²) >= 11 is 6.80. The largest absolute Gasteiger partial charge is 0.490 e. The van der Waals surface area contributed by atoms with Gasteiger partial charge in [0.25, 0.3) is 0 Å². The van der Waals surface area contributed by atoms with Crippen molar-refractivity contribution in [2.24, 2.45) is 0 Å². The molecule has 0 atom stereocenters. The molecule has 8 rings (SSSR count). The van der Waals surface area contributed by atoms with Gasteiger partial charge >= 0.3 is 7.12 Å². The van der Waals surface area contributed by atoms with E-state index in [4.69, 9.17) is 19.5 Å². The summed E-state index contributed by atoms with van der Waals surface area (Å²) in [7, 11) is -1.42. The number of H-pyrrole nitrogens is 1. The van der Waals surface area contributed by atoms with Crippen molar-refractivity contribution >= 4 is 77.0 Å². The lowest BCUT2D eigenvalue weighted by atomic mass is 9.79. The Hall–Kier alpha value is -3.70. The van der Waals surface area contributed by atoms with E-state index in [1.54, 1.807) is 18.2 Å². The van der Waals surface area contributed by atoms with Gasteiger partial charge in [0.05, 0.1) is 11.6 Å². The van der Waals surface area contributed by atoms with Crippen LogP contribution in [0.4, 0.5) is 0 Å². The van der Waals surface area contributed by atoms with Gasteiger partial charge in [0.2, 0.25) is 11.4 Å². The van der Waals surface area contributed by atoms with Crippen LogP contribution in [0.5, 0.6) is 11.6 Å². The zero-order valence-electron chi connectivity index (χ0n) is 24.3. The molecule has 45 heavy (non-hydrogen) atoms. The molecule has 0 radical (unpaired) electrons. The molecule has 2 aromatic heterocycles. The van der Waals surface area contributed by atoms with Gasteiger partial charge in [0, 0.05) is 32.0 Å². The van der Waals surface area contributed by atoms with E-state index in [0.717, 1.165) is 66.0 Å². The lowest BCUT2D eigenvalue weighted by Gasteiger charge is -2.26. The molecule has 2 heterocycles. The van der Waals surface area contributed by atoms with Crippen LogP contribution in [0.15, 0.2) is 111 Å². The van der Waals surface area contributed by atoms with Crippen LogP contribution < -0.4 is 20.5 Å². The van der Waals surface area contributed by atoms with E-state index >= 15 is 0 Å². The van der Waals surface area contributed by atoms with Crippen molar-refractivity contribution in [3.8, 4) is 11.6 Å². The monoisotopic (exact) mass is 728 g/mol. The molecular weight excluding hydrogens is 699 g/mol. The van der Waals surface area contributed by atoms with Crippen LogP contribution in [0, 0.1) is 0 Å². The maximum atomic E-state index is 10.9. The predicted octanol–water partition coefficient (Wildman–Crippen LogP) is 7.28. The molecule has 0 unspecified atom stereocenters. The summed E-state index contributed by atoms with van der Waals surface area (Å²) in [6, 6.07) is 30.4. The second-order valence-corrected chi connectivity index (χ2v) is 13.0. The van der Waals surface area contributed by atoms with Crippen molar-refractivity contribution < 1.29 is 19.5 Å². The highest BCUT2D eigenvalue weighted by atomic mass is 79.9. The first kappa shape index (κ1) is 31.3. The number of hydrogen-bond donors (Lipinski definition) is 3. The van der Waals surface area contributed by atoms with Gasteiger partial charge in [0.1, 0.15) is 11.9 Å². The molecule has 0 saturated heterocycles. The summed E-state index contributed by atoms with van der Waals surface area (Å²) in [6.45, 7) is 0. The van der Waals surface area contributed by atoms with E-state index in [-0.39, 0.29) is 5.56 Å². The number of benzene rings is 4. The number of rotatable bonds is 5. The van der Waals surface area contributed by atoms with Crippen LogP contribution in [0.1, 0.15) is 32.1 Å². The fourth-order valence-electron chi connectivity index (χ4n) is 4.78. The van der Waals surface area contributed by atoms with Crippen molar-refractivity contribution in [3.05, 3.63) is 116 Å². The van der Waals surface area contributed by atoms with E-state index in [0.29, 0.717) is 17.7 Å². The molecule has 2 aliphatic carbocycles. The van der Waals surface area contributed by atoms with Crippen LogP contribution in [0.2, 0.25) is 0 Å². The Morgan fingerprint density at radius 2 is 1.36 bits per heavy atom. The highest BCUT2D eigenvalue weighted by molar-refractivity contribution is 9.10. The van der Waals surface area contributed by atoms with Gasteiger partial charge in [-0.15, -0.1) is 0 Å². The normalized spacial score (nSPS) is 14.1.